The van der Waals surface area contributed by atoms with E-state index < -0.39 is 28.1 Å². The molecule has 3 rings (SSSR count). The third-order valence-corrected chi connectivity index (χ3v) is 4.34. The molecule has 0 atom stereocenters. The average Bonchev–Trinajstić information content (AvgIpc) is 3.07. The van der Waals surface area contributed by atoms with E-state index in [2.05, 4.69) is 5.10 Å². The Morgan fingerprint density at radius 3 is 2.27 bits per heavy atom. The number of carbonyl (C=O) groups is 1. The SMILES string of the molecule is CC(C)(C)c1cc(N(C(=O)O)c2ccc([N+](=O)[O-])cc2)n(-c2ccc(F)cc2F)n1. The van der Waals surface area contributed by atoms with Gasteiger partial charge in [-0.1, -0.05) is 20.8 Å². The predicted octanol–water partition coefficient (Wildman–Crippen LogP) is 5.17. The minimum absolute atomic E-state index is 0.0215. The summed E-state index contributed by atoms with van der Waals surface area (Å²) in [6, 6.07) is 9.21. The molecule has 0 aliphatic rings. The van der Waals surface area contributed by atoms with Gasteiger partial charge in [0.05, 0.1) is 16.3 Å². The third kappa shape index (κ3) is 3.97. The molecule has 2 aromatic carbocycles. The Kier molecular flexibility index (Phi) is 5.26. The largest absolute Gasteiger partial charge is 0.464 e. The number of amides is 1. The molecule has 30 heavy (non-hydrogen) atoms. The Hall–Kier alpha value is -3.82. The van der Waals surface area contributed by atoms with Crippen molar-refractivity contribution in [3.8, 4) is 5.69 Å². The number of anilines is 2. The first kappa shape index (κ1) is 20.9. The second-order valence-corrected chi connectivity index (χ2v) is 7.54. The van der Waals surface area contributed by atoms with Crippen LogP contribution in [0.15, 0.2) is 48.5 Å². The van der Waals surface area contributed by atoms with Crippen molar-refractivity contribution in [2.24, 2.45) is 0 Å². The van der Waals surface area contributed by atoms with Crippen LogP contribution in [-0.2, 0) is 5.41 Å². The molecule has 10 heteroatoms. The summed E-state index contributed by atoms with van der Waals surface area (Å²) in [6.45, 7) is 5.55. The highest BCUT2D eigenvalue weighted by molar-refractivity contribution is 5.94. The lowest BCUT2D eigenvalue weighted by Gasteiger charge is -2.20. The van der Waals surface area contributed by atoms with Crippen LogP contribution in [-0.4, -0.2) is 25.9 Å². The van der Waals surface area contributed by atoms with Gasteiger partial charge in [0.25, 0.3) is 5.69 Å². The zero-order valence-electron chi connectivity index (χ0n) is 16.3. The van der Waals surface area contributed by atoms with Crippen molar-refractivity contribution in [1.29, 1.82) is 0 Å². The van der Waals surface area contributed by atoms with E-state index in [1.165, 1.54) is 18.2 Å². The van der Waals surface area contributed by atoms with Gasteiger partial charge < -0.3 is 5.11 Å². The fourth-order valence-corrected chi connectivity index (χ4v) is 2.79. The van der Waals surface area contributed by atoms with Gasteiger partial charge in [0, 0.05) is 29.7 Å². The molecule has 0 saturated heterocycles. The van der Waals surface area contributed by atoms with Crippen LogP contribution in [0.3, 0.4) is 0 Å². The second kappa shape index (κ2) is 7.54. The van der Waals surface area contributed by atoms with Gasteiger partial charge in [0.1, 0.15) is 17.3 Å². The molecule has 156 valence electrons. The summed E-state index contributed by atoms with van der Waals surface area (Å²) in [5.74, 6) is -1.73. The maximum atomic E-state index is 14.5. The van der Waals surface area contributed by atoms with E-state index >= 15 is 0 Å². The molecule has 1 heterocycles. The maximum Gasteiger partial charge on any atom is 0.417 e. The quantitative estimate of drug-likeness (QED) is 0.467. The molecule has 3 aromatic rings. The summed E-state index contributed by atoms with van der Waals surface area (Å²) >= 11 is 0. The second-order valence-electron chi connectivity index (χ2n) is 7.54. The highest BCUT2D eigenvalue weighted by atomic mass is 19.1. The molecule has 1 amide bonds. The number of hydrogen-bond acceptors (Lipinski definition) is 4. The molecule has 0 radical (unpaired) electrons. The van der Waals surface area contributed by atoms with Gasteiger partial charge >= 0.3 is 6.09 Å². The number of aromatic nitrogens is 2. The van der Waals surface area contributed by atoms with Crippen molar-refractivity contribution in [3.63, 3.8) is 0 Å². The van der Waals surface area contributed by atoms with E-state index in [4.69, 9.17) is 0 Å². The van der Waals surface area contributed by atoms with Gasteiger partial charge in [-0.15, -0.1) is 0 Å². The van der Waals surface area contributed by atoms with Crippen LogP contribution < -0.4 is 4.90 Å². The highest BCUT2D eigenvalue weighted by Gasteiger charge is 2.28. The smallest absolute Gasteiger partial charge is 0.417 e. The zero-order chi connectivity index (χ0) is 22.2. The van der Waals surface area contributed by atoms with Gasteiger partial charge in [-0.05, 0) is 24.3 Å². The van der Waals surface area contributed by atoms with Crippen molar-refractivity contribution < 1.29 is 23.6 Å². The number of non-ortho nitro benzene ring substituents is 1. The minimum atomic E-state index is -1.41. The Balaban J connectivity index is 2.23. The molecular formula is C20H18F2N4O4. The van der Waals surface area contributed by atoms with Gasteiger partial charge in [-0.25, -0.2) is 23.2 Å². The molecule has 1 N–H and O–H groups in total. The molecule has 0 aliphatic heterocycles. The average molecular weight is 416 g/mol. The Labute approximate surface area is 170 Å². The van der Waals surface area contributed by atoms with Crippen LogP contribution in [0.4, 0.5) is 30.8 Å². The van der Waals surface area contributed by atoms with Gasteiger partial charge in [-0.2, -0.15) is 5.10 Å². The molecule has 0 saturated carbocycles. The lowest BCUT2D eigenvalue weighted by atomic mass is 9.92. The standard InChI is InChI=1S/C20H18F2N4O4/c1-20(2,3)17-11-18(25(23-17)16-9-4-12(21)10-15(16)22)24(19(27)28)13-5-7-14(8-6-13)26(29)30/h4-11H,1-3H3,(H,27,28). The van der Waals surface area contributed by atoms with Gasteiger partial charge in [-0.3, -0.25) is 10.1 Å². The molecule has 0 bridgehead atoms. The first-order valence-electron chi connectivity index (χ1n) is 8.82. The number of nitro benzene ring substituents is 1. The molecule has 8 nitrogen and oxygen atoms in total. The van der Waals surface area contributed by atoms with E-state index in [9.17, 15) is 28.8 Å². The van der Waals surface area contributed by atoms with Crippen LogP contribution in [0, 0.1) is 21.7 Å². The van der Waals surface area contributed by atoms with Crippen LogP contribution in [0.25, 0.3) is 5.69 Å². The predicted molar refractivity (Wildman–Crippen MR) is 105 cm³/mol. The normalized spacial score (nSPS) is 11.4. The van der Waals surface area contributed by atoms with E-state index in [1.54, 1.807) is 0 Å². The number of benzene rings is 2. The molecule has 1 aromatic heterocycles. The fourth-order valence-electron chi connectivity index (χ4n) is 2.79. The summed E-state index contributed by atoms with van der Waals surface area (Å²) in [6.07, 6.45) is -1.41. The van der Waals surface area contributed by atoms with Crippen molar-refractivity contribution >= 4 is 23.3 Å². The number of carboxylic acid groups (broad SMARTS) is 1. The molecule has 0 aliphatic carbocycles. The summed E-state index contributed by atoms with van der Waals surface area (Å²) in [7, 11) is 0. The van der Waals surface area contributed by atoms with Gasteiger partial charge in [0.2, 0.25) is 0 Å². The van der Waals surface area contributed by atoms with Crippen LogP contribution in [0.5, 0.6) is 0 Å². The number of halogens is 2. The van der Waals surface area contributed by atoms with Crippen LogP contribution in [0.1, 0.15) is 26.5 Å². The summed E-state index contributed by atoms with van der Waals surface area (Å²) in [5, 5.41) is 25.1. The Morgan fingerprint density at radius 2 is 1.77 bits per heavy atom. The fraction of sp³-hybridized carbons (Fsp3) is 0.200. The van der Waals surface area contributed by atoms with Crippen molar-refractivity contribution in [2.75, 3.05) is 4.90 Å². The van der Waals surface area contributed by atoms with Gasteiger partial charge in [0.15, 0.2) is 5.82 Å². The lowest BCUT2D eigenvalue weighted by Crippen LogP contribution is -2.26. The zero-order valence-corrected chi connectivity index (χ0v) is 16.3. The number of rotatable bonds is 4. The Morgan fingerprint density at radius 1 is 1.13 bits per heavy atom. The minimum Gasteiger partial charge on any atom is -0.464 e. The summed E-state index contributed by atoms with van der Waals surface area (Å²) < 4.78 is 28.9. The van der Waals surface area contributed by atoms with E-state index in [0.717, 1.165) is 33.8 Å². The van der Waals surface area contributed by atoms with Crippen molar-refractivity contribution in [1.82, 2.24) is 9.78 Å². The first-order chi connectivity index (χ1) is 14.0. The van der Waals surface area contributed by atoms with E-state index in [1.807, 2.05) is 20.8 Å². The number of nitrogens with zero attached hydrogens (tertiary/aromatic N) is 4. The Bertz CT molecular complexity index is 1120. The summed E-state index contributed by atoms with van der Waals surface area (Å²) in [4.78, 5) is 23.2. The number of hydrogen-bond donors (Lipinski definition) is 1. The molecule has 0 fully saturated rings. The van der Waals surface area contributed by atoms with Crippen LogP contribution in [0.2, 0.25) is 0 Å². The van der Waals surface area contributed by atoms with Crippen molar-refractivity contribution in [3.05, 3.63) is 76.0 Å². The highest BCUT2D eigenvalue weighted by Crippen LogP contribution is 2.34. The third-order valence-electron chi connectivity index (χ3n) is 4.34. The summed E-state index contributed by atoms with van der Waals surface area (Å²) in [5.41, 5.74) is -0.296. The van der Waals surface area contributed by atoms with E-state index in [0.29, 0.717) is 11.8 Å². The van der Waals surface area contributed by atoms with Crippen molar-refractivity contribution in [2.45, 2.75) is 26.2 Å². The van der Waals surface area contributed by atoms with Crippen LogP contribution >= 0.6 is 0 Å². The molecule has 0 unspecified atom stereocenters. The monoisotopic (exact) mass is 416 g/mol. The molecular weight excluding hydrogens is 398 g/mol. The molecule has 0 spiro atoms. The number of nitro groups is 1. The lowest BCUT2D eigenvalue weighted by molar-refractivity contribution is -0.384. The van der Waals surface area contributed by atoms with E-state index in [-0.39, 0.29) is 22.9 Å². The topological polar surface area (TPSA) is 102 Å². The maximum absolute atomic E-state index is 14.5. The first-order valence-corrected chi connectivity index (χ1v) is 8.82.